The molecule has 0 fully saturated rings. The number of aryl methyl sites for hydroxylation is 1. The molecule has 1 N–H and O–H groups in total. The first-order valence-electron chi connectivity index (χ1n) is 10.9. The van der Waals surface area contributed by atoms with Crippen molar-refractivity contribution in [1.82, 2.24) is 4.98 Å². The van der Waals surface area contributed by atoms with Gasteiger partial charge in [-0.3, -0.25) is 0 Å². The Labute approximate surface area is 195 Å². The van der Waals surface area contributed by atoms with E-state index in [1.54, 1.807) is 13.0 Å². The quantitative estimate of drug-likeness (QED) is 0.212. The fraction of sp³-hybridized carbons (Fsp3) is 0.269. The van der Waals surface area contributed by atoms with E-state index >= 15 is 0 Å². The Morgan fingerprint density at radius 3 is 2.56 bits per heavy atom. The third-order valence-corrected chi connectivity index (χ3v) is 5.80. The van der Waals surface area contributed by atoms with Crippen LogP contribution < -0.4 is 4.74 Å². The minimum Gasteiger partial charge on any atom is -0.493 e. The third kappa shape index (κ3) is 4.96. The van der Waals surface area contributed by atoms with Crippen LogP contribution in [0.1, 0.15) is 43.2 Å². The molecule has 4 aromatic rings. The summed E-state index contributed by atoms with van der Waals surface area (Å²) in [5.41, 5.74) is 1.73. The largest absolute Gasteiger partial charge is 0.493 e. The summed E-state index contributed by atoms with van der Waals surface area (Å²) in [7, 11) is 0. The van der Waals surface area contributed by atoms with Gasteiger partial charge < -0.3 is 14.5 Å². The lowest BCUT2D eigenvalue weighted by atomic mass is 10.1. The van der Waals surface area contributed by atoms with Crippen molar-refractivity contribution in [2.24, 2.45) is 0 Å². The van der Waals surface area contributed by atoms with Crippen LogP contribution in [0.15, 0.2) is 59.1 Å². The van der Waals surface area contributed by atoms with Crippen molar-refractivity contribution in [3.8, 4) is 5.75 Å². The highest BCUT2D eigenvalue weighted by atomic mass is 79.9. The van der Waals surface area contributed by atoms with E-state index in [9.17, 15) is 9.18 Å². The summed E-state index contributed by atoms with van der Waals surface area (Å²) < 4.78 is 25.5. The predicted octanol–water partition coefficient (Wildman–Crippen LogP) is 7.44. The Morgan fingerprint density at radius 2 is 1.78 bits per heavy atom. The minimum atomic E-state index is -0.439. The zero-order chi connectivity index (χ0) is 23.1. The van der Waals surface area contributed by atoms with Crippen molar-refractivity contribution >= 4 is 43.6 Å². The maximum atomic E-state index is 14.0. The van der Waals surface area contributed by atoms with Crippen molar-refractivity contribution in [2.45, 2.75) is 33.6 Å². The average Bonchev–Trinajstić information content (AvgIpc) is 3.20. The number of hydrogen-bond acceptors (Lipinski definition) is 3. The number of aromatic amines is 1. The van der Waals surface area contributed by atoms with E-state index < -0.39 is 5.97 Å². The lowest BCUT2D eigenvalue weighted by Gasteiger charge is -2.10. The van der Waals surface area contributed by atoms with E-state index in [1.807, 2.05) is 44.2 Å². The van der Waals surface area contributed by atoms with Gasteiger partial charge in [0.05, 0.1) is 23.2 Å². The Balaban J connectivity index is 0.00000141. The van der Waals surface area contributed by atoms with E-state index in [2.05, 4.69) is 33.0 Å². The number of halogens is 2. The zero-order valence-corrected chi connectivity index (χ0v) is 20.1. The van der Waals surface area contributed by atoms with Gasteiger partial charge in [0.1, 0.15) is 17.3 Å². The van der Waals surface area contributed by atoms with Crippen molar-refractivity contribution < 1.29 is 18.7 Å². The molecule has 0 atom stereocenters. The van der Waals surface area contributed by atoms with Gasteiger partial charge in [0.25, 0.3) is 0 Å². The molecular formula is C26H27BrFNO3. The van der Waals surface area contributed by atoms with Crippen LogP contribution in [0.2, 0.25) is 0 Å². The van der Waals surface area contributed by atoms with E-state index in [0.29, 0.717) is 35.1 Å². The average molecular weight is 500 g/mol. The summed E-state index contributed by atoms with van der Waals surface area (Å²) >= 11 is 3.27. The molecule has 1 aromatic heterocycles. The molecule has 0 unspecified atom stereocenters. The van der Waals surface area contributed by atoms with Crippen LogP contribution in [0.5, 0.6) is 5.75 Å². The molecule has 168 valence electrons. The molecule has 0 bridgehead atoms. The highest BCUT2D eigenvalue weighted by Gasteiger charge is 2.21. The van der Waals surface area contributed by atoms with Crippen LogP contribution in [0.25, 0.3) is 21.7 Å². The second kappa shape index (κ2) is 11.1. The Morgan fingerprint density at radius 1 is 1.03 bits per heavy atom. The van der Waals surface area contributed by atoms with Crippen LogP contribution in [0, 0.1) is 5.82 Å². The SMILES string of the molecule is CC.CCOC(=O)c1[nH]c2c(Br)c(F)ccc2c1CCCOc1cccc2ccccc12. The van der Waals surface area contributed by atoms with E-state index in [1.165, 1.54) is 6.07 Å². The van der Waals surface area contributed by atoms with E-state index in [-0.39, 0.29) is 12.4 Å². The third-order valence-electron chi connectivity index (χ3n) is 5.03. The van der Waals surface area contributed by atoms with Gasteiger partial charge >= 0.3 is 5.97 Å². The fourth-order valence-electron chi connectivity index (χ4n) is 3.65. The highest BCUT2D eigenvalue weighted by Crippen LogP contribution is 2.32. The second-order valence-corrected chi connectivity index (χ2v) is 7.71. The number of ether oxygens (including phenoxy) is 2. The van der Waals surface area contributed by atoms with Gasteiger partial charge in [-0.05, 0) is 64.8 Å². The molecule has 0 saturated heterocycles. The first-order valence-corrected chi connectivity index (χ1v) is 11.7. The first-order chi connectivity index (χ1) is 15.6. The molecule has 0 radical (unpaired) electrons. The number of carbonyl (C=O) groups is 1. The number of fused-ring (bicyclic) bond motifs is 2. The van der Waals surface area contributed by atoms with E-state index in [0.717, 1.165) is 27.5 Å². The Kier molecular flexibility index (Phi) is 8.28. The first kappa shape index (κ1) is 23.8. The molecule has 0 spiro atoms. The van der Waals surface area contributed by atoms with Gasteiger partial charge in [-0.25, -0.2) is 9.18 Å². The zero-order valence-electron chi connectivity index (χ0n) is 18.5. The molecule has 4 nitrogen and oxygen atoms in total. The van der Waals surface area contributed by atoms with E-state index in [4.69, 9.17) is 9.47 Å². The summed E-state index contributed by atoms with van der Waals surface area (Å²) in [6.07, 6.45) is 1.29. The summed E-state index contributed by atoms with van der Waals surface area (Å²) in [5.74, 6) is 0.0124. The lowest BCUT2D eigenvalue weighted by molar-refractivity contribution is 0.0519. The van der Waals surface area contributed by atoms with Crippen molar-refractivity contribution in [1.29, 1.82) is 0 Å². The smallest absolute Gasteiger partial charge is 0.355 e. The van der Waals surface area contributed by atoms with Gasteiger partial charge in [-0.1, -0.05) is 50.2 Å². The normalized spacial score (nSPS) is 10.7. The molecule has 0 saturated carbocycles. The fourth-order valence-corrected chi connectivity index (χ4v) is 4.09. The minimum absolute atomic E-state index is 0.271. The summed E-state index contributed by atoms with van der Waals surface area (Å²) in [4.78, 5) is 15.5. The Bertz CT molecular complexity index is 1210. The molecule has 6 heteroatoms. The van der Waals surface area contributed by atoms with Crippen molar-refractivity contribution in [2.75, 3.05) is 13.2 Å². The molecule has 0 amide bonds. The number of hydrogen-bond donors (Lipinski definition) is 1. The maximum absolute atomic E-state index is 14.0. The summed E-state index contributed by atoms with van der Waals surface area (Å²) in [6, 6.07) is 17.1. The number of carbonyl (C=O) groups excluding carboxylic acids is 1. The van der Waals surface area contributed by atoms with Crippen LogP contribution in [-0.4, -0.2) is 24.2 Å². The lowest BCUT2D eigenvalue weighted by Crippen LogP contribution is -2.09. The number of rotatable bonds is 7. The van der Waals surface area contributed by atoms with Crippen molar-refractivity contribution in [3.63, 3.8) is 0 Å². The number of nitrogens with one attached hydrogen (secondary N) is 1. The van der Waals surface area contributed by atoms with Gasteiger partial charge in [-0.2, -0.15) is 0 Å². The highest BCUT2D eigenvalue weighted by molar-refractivity contribution is 9.10. The van der Waals surface area contributed by atoms with Crippen LogP contribution in [0.3, 0.4) is 0 Å². The predicted molar refractivity (Wildman–Crippen MR) is 131 cm³/mol. The molecule has 0 aliphatic rings. The number of esters is 1. The molecule has 3 aromatic carbocycles. The van der Waals surface area contributed by atoms with Crippen LogP contribution in [0.4, 0.5) is 4.39 Å². The van der Waals surface area contributed by atoms with Crippen LogP contribution >= 0.6 is 15.9 Å². The van der Waals surface area contributed by atoms with Gasteiger partial charge in [0.15, 0.2) is 0 Å². The van der Waals surface area contributed by atoms with Gasteiger partial charge in [0.2, 0.25) is 0 Å². The molecule has 4 rings (SSSR count). The van der Waals surface area contributed by atoms with Crippen LogP contribution in [-0.2, 0) is 11.2 Å². The summed E-state index contributed by atoms with van der Waals surface area (Å²) in [6.45, 7) is 6.52. The number of aromatic nitrogens is 1. The molecule has 0 aliphatic carbocycles. The molecule has 0 aliphatic heterocycles. The Hall–Kier alpha value is -2.86. The van der Waals surface area contributed by atoms with Gasteiger partial charge in [-0.15, -0.1) is 0 Å². The standard InChI is InChI=1S/C24H21BrFNO3.C2H6/c1-2-29-24(28)23-17(18-12-13-19(26)21(25)22(18)27-23)10-6-14-30-20-11-5-8-15-7-3-4-9-16(15)20;1-2/h3-5,7-9,11-13,27H,2,6,10,14H2,1H3;1-2H3. The number of H-pyrrole nitrogens is 1. The molecule has 1 heterocycles. The maximum Gasteiger partial charge on any atom is 0.355 e. The second-order valence-electron chi connectivity index (χ2n) is 6.91. The van der Waals surface area contributed by atoms with Crippen molar-refractivity contribution in [3.05, 3.63) is 76.1 Å². The topological polar surface area (TPSA) is 51.3 Å². The molecule has 32 heavy (non-hydrogen) atoms. The number of benzene rings is 3. The molecular weight excluding hydrogens is 473 g/mol. The van der Waals surface area contributed by atoms with Gasteiger partial charge in [0, 0.05) is 10.8 Å². The summed E-state index contributed by atoms with van der Waals surface area (Å²) in [5, 5.41) is 3.00. The monoisotopic (exact) mass is 499 g/mol.